The number of anilines is 1. The van der Waals surface area contributed by atoms with Crippen molar-refractivity contribution in [3.63, 3.8) is 0 Å². The maximum Gasteiger partial charge on any atom is 0.458 e. The van der Waals surface area contributed by atoms with Gasteiger partial charge in [0.05, 0.1) is 47.4 Å². The summed E-state index contributed by atoms with van der Waals surface area (Å²) in [6, 6.07) is 4.02. The molecule has 1 aliphatic heterocycles. The summed E-state index contributed by atoms with van der Waals surface area (Å²) in [5.74, 6) is -6.60. The SMILES string of the molecule is CN(C(=O)c1cc2c(cc1F)nc(N)c1cncn12)[C@@H]1COC(C)(C)c2cc(C(F)(F)C(F)(F)F)ccc21. The number of alkyl halides is 5. The van der Waals surface area contributed by atoms with E-state index in [1.165, 1.54) is 39.5 Å². The number of nitrogen functional groups attached to an aromatic ring is 1. The smallest absolute Gasteiger partial charge is 0.382 e. The van der Waals surface area contributed by atoms with Gasteiger partial charge in [-0.1, -0.05) is 12.1 Å². The molecule has 7 nitrogen and oxygen atoms in total. The standard InChI is InChI=1S/C25H21F6N5O2/c1-23(2)15-6-12(24(27,28)25(29,30)31)4-5-13(15)20(10-38-23)35(3)22(37)14-7-18-17(8-16(14)26)34-21(32)19-9-33-11-36(18)19/h4-9,11,20H,10H2,1-3H3,(H2,32,34)/t20-/m1/s1. The van der Waals surface area contributed by atoms with Gasteiger partial charge in [-0.05, 0) is 37.1 Å². The summed E-state index contributed by atoms with van der Waals surface area (Å²) >= 11 is 0. The molecule has 0 aliphatic carbocycles. The lowest BCUT2D eigenvalue weighted by molar-refractivity contribution is -0.289. The van der Waals surface area contributed by atoms with Crippen LogP contribution >= 0.6 is 0 Å². The van der Waals surface area contributed by atoms with Crippen molar-refractivity contribution in [1.29, 1.82) is 0 Å². The summed E-state index contributed by atoms with van der Waals surface area (Å²) in [5.41, 5.74) is 4.51. The number of ether oxygens (including phenoxy) is 1. The maximum absolute atomic E-state index is 15.1. The first-order chi connectivity index (χ1) is 17.6. The maximum atomic E-state index is 15.1. The second kappa shape index (κ2) is 8.32. The van der Waals surface area contributed by atoms with Gasteiger partial charge in [-0.2, -0.15) is 22.0 Å². The quantitative estimate of drug-likeness (QED) is 0.357. The number of fused-ring (bicyclic) bond motifs is 4. The fourth-order valence-corrected chi connectivity index (χ4v) is 4.70. The average Bonchev–Trinajstić information content (AvgIpc) is 3.33. The van der Waals surface area contributed by atoms with Gasteiger partial charge >= 0.3 is 12.1 Å². The van der Waals surface area contributed by atoms with Gasteiger partial charge in [0.15, 0.2) is 0 Å². The van der Waals surface area contributed by atoms with Crippen molar-refractivity contribution >= 4 is 28.3 Å². The van der Waals surface area contributed by atoms with Crippen LogP contribution < -0.4 is 5.73 Å². The Kier molecular flexibility index (Phi) is 5.64. The molecule has 0 bridgehead atoms. The highest BCUT2D eigenvalue weighted by molar-refractivity contribution is 5.98. The molecule has 0 radical (unpaired) electrons. The van der Waals surface area contributed by atoms with E-state index in [4.69, 9.17) is 10.5 Å². The van der Waals surface area contributed by atoms with E-state index >= 15 is 4.39 Å². The second-order valence-electron chi connectivity index (χ2n) is 9.59. The van der Waals surface area contributed by atoms with Crippen LogP contribution in [0.2, 0.25) is 0 Å². The first-order valence-electron chi connectivity index (χ1n) is 11.3. The van der Waals surface area contributed by atoms with Crippen molar-refractivity contribution in [2.75, 3.05) is 19.4 Å². The summed E-state index contributed by atoms with van der Waals surface area (Å²) in [7, 11) is 1.37. The lowest BCUT2D eigenvalue weighted by Crippen LogP contribution is -2.42. The number of amides is 1. The van der Waals surface area contributed by atoms with E-state index in [0.29, 0.717) is 22.7 Å². The summed E-state index contributed by atoms with van der Waals surface area (Å²) in [5, 5.41) is 0. The zero-order valence-electron chi connectivity index (χ0n) is 20.3. The van der Waals surface area contributed by atoms with Gasteiger partial charge in [0.25, 0.3) is 5.91 Å². The molecule has 13 heteroatoms. The number of carbonyl (C=O) groups is 1. The van der Waals surface area contributed by atoms with Crippen LogP contribution in [0.5, 0.6) is 0 Å². The summed E-state index contributed by atoms with van der Waals surface area (Å²) < 4.78 is 89.6. The molecule has 0 spiro atoms. The third kappa shape index (κ3) is 3.83. The molecular weight excluding hydrogens is 516 g/mol. The fourth-order valence-electron chi connectivity index (χ4n) is 4.70. The van der Waals surface area contributed by atoms with Crippen LogP contribution in [0.1, 0.15) is 46.9 Å². The molecule has 0 unspecified atom stereocenters. The van der Waals surface area contributed by atoms with Crippen molar-refractivity contribution in [1.82, 2.24) is 19.3 Å². The Hall–Kier alpha value is -3.87. The van der Waals surface area contributed by atoms with Gasteiger partial charge in [-0.3, -0.25) is 9.20 Å². The van der Waals surface area contributed by atoms with Crippen LogP contribution in [0, 0.1) is 5.82 Å². The van der Waals surface area contributed by atoms with Crippen LogP contribution in [0.4, 0.5) is 32.2 Å². The van der Waals surface area contributed by atoms with E-state index in [-0.39, 0.29) is 29.1 Å². The van der Waals surface area contributed by atoms with Crippen LogP contribution in [0.25, 0.3) is 16.6 Å². The molecule has 2 N–H and O–H groups in total. The first kappa shape index (κ1) is 25.8. The van der Waals surface area contributed by atoms with Gasteiger partial charge in [-0.15, -0.1) is 0 Å². The lowest BCUT2D eigenvalue weighted by Gasteiger charge is -2.41. The minimum Gasteiger partial charge on any atom is -0.382 e. The molecule has 5 rings (SSSR count). The van der Waals surface area contributed by atoms with E-state index in [2.05, 4.69) is 9.97 Å². The molecule has 4 aromatic rings. The van der Waals surface area contributed by atoms with Crippen molar-refractivity contribution in [3.05, 3.63) is 70.9 Å². The van der Waals surface area contributed by atoms with Gasteiger partial charge in [0.1, 0.15) is 17.2 Å². The third-order valence-corrected chi connectivity index (χ3v) is 6.87. The molecule has 2 aromatic carbocycles. The van der Waals surface area contributed by atoms with E-state index in [9.17, 15) is 26.7 Å². The van der Waals surface area contributed by atoms with Crippen molar-refractivity contribution < 1.29 is 35.9 Å². The molecular formula is C25H21F6N5O2. The number of hydrogen-bond donors (Lipinski definition) is 1. The minimum atomic E-state index is -5.79. The number of hydrogen-bond acceptors (Lipinski definition) is 5. The molecule has 1 atom stereocenters. The molecule has 3 heterocycles. The number of rotatable bonds is 3. The van der Waals surface area contributed by atoms with Gasteiger partial charge in [0.2, 0.25) is 0 Å². The number of carbonyl (C=O) groups excluding carboxylic acids is 1. The van der Waals surface area contributed by atoms with Gasteiger partial charge in [-0.25, -0.2) is 14.4 Å². The van der Waals surface area contributed by atoms with E-state index < -0.39 is 41.0 Å². The molecule has 1 amide bonds. The highest BCUT2D eigenvalue weighted by Crippen LogP contribution is 2.47. The van der Waals surface area contributed by atoms with Crippen LogP contribution in [-0.4, -0.2) is 45.0 Å². The second-order valence-corrected chi connectivity index (χ2v) is 9.59. The zero-order valence-corrected chi connectivity index (χ0v) is 20.3. The number of nitrogens with zero attached hydrogens (tertiary/aromatic N) is 4. The lowest BCUT2D eigenvalue weighted by atomic mass is 9.84. The minimum absolute atomic E-state index is 0.0635. The van der Waals surface area contributed by atoms with Crippen molar-refractivity contribution in [2.45, 2.75) is 37.6 Å². The van der Waals surface area contributed by atoms with E-state index in [1.54, 1.807) is 4.40 Å². The summed E-state index contributed by atoms with van der Waals surface area (Å²) in [6.45, 7) is 2.95. The van der Waals surface area contributed by atoms with Crippen molar-refractivity contribution in [3.8, 4) is 0 Å². The highest BCUT2D eigenvalue weighted by Gasteiger charge is 2.59. The highest BCUT2D eigenvalue weighted by atomic mass is 19.4. The molecule has 38 heavy (non-hydrogen) atoms. The third-order valence-electron chi connectivity index (χ3n) is 6.87. The molecule has 1 aliphatic rings. The number of nitrogens with two attached hydrogens (primary N) is 1. The summed E-state index contributed by atoms with van der Waals surface area (Å²) in [6.07, 6.45) is -2.89. The number of halogens is 6. The monoisotopic (exact) mass is 537 g/mol. The van der Waals surface area contributed by atoms with Crippen molar-refractivity contribution in [2.24, 2.45) is 0 Å². The number of likely N-dealkylation sites (N-methyl/N-ethyl adjacent to an activating group) is 1. The number of imidazole rings is 1. The zero-order chi connectivity index (χ0) is 27.8. The molecule has 0 saturated carbocycles. The Morgan fingerprint density at radius 2 is 1.87 bits per heavy atom. The Bertz CT molecular complexity index is 1600. The topological polar surface area (TPSA) is 85.8 Å². The number of benzene rings is 2. The Morgan fingerprint density at radius 3 is 2.55 bits per heavy atom. The molecule has 200 valence electrons. The van der Waals surface area contributed by atoms with Crippen LogP contribution in [0.3, 0.4) is 0 Å². The number of aromatic nitrogens is 3. The Morgan fingerprint density at radius 1 is 1.16 bits per heavy atom. The fraction of sp³-hybridized carbons (Fsp3) is 0.320. The summed E-state index contributed by atoms with van der Waals surface area (Å²) in [4.78, 5) is 22.8. The van der Waals surface area contributed by atoms with Gasteiger partial charge in [0, 0.05) is 18.7 Å². The average molecular weight is 537 g/mol. The normalized spacial score (nSPS) is 17.6. The molecule has 2 aromatic heterocycles. The molecule has 0 fully saturated rings. The van der Waals surface area contributed by atoms with Crippen LogP contribution in [0.15, 0.2) is 42.9 Å². The molecule has 0 saturated heterocycles. The van der Waals surface area contributed by atoms with Crippen LogP contribution in [-0.2, 0) is 16.3 Å². The predicted octanol–water partition coefficient (Wildman–Crippen LogP) is 5.34. The largest absolute Gasteiger partial charge is 0.458 e. The first-order valence-corrected chi connectivity index (χ1v) is 11.3. The van der Waals surface area contributed by atoms with Gasteiger partial charge < -0.3 is 15.4 Å². The van der Waals surface area contributed by atoms with E-state index in [0.717, 1.165) is 23.1 Å². The Labute approximate surface area is 211 Å². The Balaban J connectivity index is 1.56. The van der Waals surface area contributed by atoms with E-state index in [1.807, 2.05) is 0 Å². The predicted molar refractivity (Wildman–Crippen MR) is 125 cm³/mol.